The molecule has 1 aromatic heterocycles. The SMILES string of the molecule is O=S(=O)(NCC1([NH+]2CCCCC2)CCCCC1)c1cccs1. The molecule has 1 saturated carbocycles. The van der Waals surface area contributed by atoms with E-state index in [1.807, 2.05) is 5.38 Å². The van der Waals surface area contributed by atoms with Gasteiger partial charge in [-0.2, -0.15) is 0 Å². The molecule has 0 unspecified atom stereocenters. The fraction of sp³-hybridized carbons (Fsp3) is 0.750. The van der Waals surface area contributed by atoms with Gasteiger partial charge in [-0.25, -0.2) is 13.1 Å². The zero-order valence-electron chi connectivity index (χ0n) is 13.1. The number of likely N-dealkylation sites (tertiary alicyclic amines) is 1. The van der Waals surface area contributed by atoms with Gasteiger partial charge in [-0.1, -0.05) is 12.5 Å². The van der Waals surface area contributed by atoms with Crippen LogP contribution >= 0.6 is 11.3 Å². The Bertz CT molecular complexity index is 557. The molecule has 1 aliphatic carbocycles. The molecule has 0 spiro atoms. The van der Waals surface area contributed by atoms with Crippen LogP contribution in [-0.4, -0.2) is 33.6 Å². The second kappa shape index (κ2) is 6.99. The van der Waals surface area contributed by atoms with Crippen LogP contribution in [0.15, 0.2) is 21.7 Å². The van der Waals surface area contributed by atoms with E-state index in [1.54, 1.807) is 17.0 Å². The molecule has 0 bridgehead atoms. The van der Waals surface area contributed by atoms with Crippen LogP contribution < -0.4 is 9.62 Å². The van der Waals surface area contributed by atoms with E-state index in [0.29, 0.717) is 10.8 Å². The van der Waals surface area contributed by atoms with Gasteiger partial charge in [0.2, 0.25) is 10.0 Å². The van der Waals surface area contributed by atoms with E-state index in [2.05, 4.69) is 4.72 Å². The van der Waals surface area contributed by atoms with Crippen LogP contribution in [0.5, 0.6) is 0 Å². The Balaban J connectivity index is 1.73. The first-order valence-corrected chi connectivity index (χ1v) is 10.9. The van der Waals surface area contributed by atoms with Crippen molar-refractivity contribution in [2.75, 3.05) is 19.6 Å². The van der Waals surface area contributed by atoms with Gasteiger partial charge in [0.15, 0.2) is 0 Å². The highest BCUT2D eigenvalue weighted by atomic mass is 32.2. The predicted molar refractivity (Wildman–Crippen MR) is 89.9 cm³/mol. The number of hydrogen-bond donors (Lipinski definition) is 2. The van der Waals surface area contributed by atoms with Gasteiger partial charge in [0.05, 0.1) is 19.6 Å². The van der Waals surface area contributed by atoms with Crippen molar-refractivity contribution in [2.45, 2.75) is 61.1 Å². The Hall–Kier alpha value is -0.430. The molecule has 1 aliphatic heterocycles. The van der Waals surface area contributed by atoms with Crippen LogP contribution in [0.2, 0.25) is 0 Å². The summed E-state index contributed by atoms with van der Waals surface area (Å²) in [5, 5.41) is 1.82. The number of rotatable bonds is 5. The normalized spacial score (nSPS) is 23.5. The van der Waals surface area contributed by atoms with Crippen molar-refractivity contribution in [3.8, 4) is 0 Å². The highest BCUT2D eigenvalue weighted by Crippen LogP contribution is 2.27. The Morgan fingerprint density at radius 3 is 2.41 bits per heavy atom. The average molecular weight is 344 g/mol. The van der Waals surface area contributed by atoms with E-state index in [-0.39, 0.29) is 5.54 Å². The highest BCUT2D eigenvalue weighted by molar-refractivity contribution is 7.91. The lowest BCUT2D eigenvalue weighted by Crippen LogP contribution is -3.22. The molecule has 3 rings (SSSR count). The van der Waals surface area contributed by atoms with E-state index >= 15 is 0 Å². The number of quaternary nitrogens is 1. The number of nitrogens with one attached hydrogen (secondary N) is 2. The van der Waals surface area contributed by atoms with Crippen LogP contribution in [0.3, 0.4) is 0 Å². The summed E-state index contributed by atoms with van der Waals surface area (Å²) in [7, 11) is -3.34. The van der Waals surface area contributed by atoms with Gasteiger partial charge < -0.3 is 4.90 Å². The first-order chi connectivity index (χ1) is 10.6. The summed E-state index contributed by atoms with van der Waals surface area (Å²) in [4.78, 5) is 1.65. The number of piperidine rings is 1. The van der Waals surface area contributed by atoms with Crippen LogP contribution in [0.1, 0.15) is 51.4 Å². The molecule has 0 amide bonds. The molecule has 1 aromatic rings. The average Bonchev–Trinajstić information content (AvgIpc) is 3.10. The Morgan fingerprint density at radius 2 is 1.77 bits per heavy atom. The van der Waals surface area contributed by atoms with E-state index < -0.39 is 10.0 Å². The summed E-state index contributed by atoms with van der Waals surface area (Å²) in [5.74, 6) is 0. The summed E-state index contributed by atoms with van der Waals surface area (Å²) < 4.78 is 28.3. The number of sulfonamides is 1. The van der Waals surface area contributed by atoms with Crippen molar-refractivity contribution in [1.29, 1.82) is 0 Å². The zero-order chi connectivity index (χ0) is 15.5. The van der Waals surface area contributed by atoms with Gasteiger partial charge in [0, 0.05) is 12.8 Å². The fourth-order valence-electron chi connectivity index (χ4n) is 4.11. The minimum Gasteiger partial charge on any atom is -0.329 e. The van der Waals surface area contributed by atoms with Crippen molar-refractivity contribution < 1.29 is 13.3 Å². The maximum absolute atomic E-state index is 12.5. The minimum atomic E-state index is -3.34. The summed E-state index contributed by atoms with van der Waals surface area (Å²) >= 11 is 1.29. The smallest absolute Gasteiger partial charge is 0.250 e. The molecule has 2 fully saturated rings. The minimum absolute atomic E-state index is 0.128. The first kappa shape index (κ1) is 16.4. The molecule has 22 heavy (non-hydrogen) atoms. The quantitative estimate of drug-likeness (QED) is 0.856. The molecule has 0 radical (unpaired) electrons. The molecule has 0 atom stereocenters. The number of thiophene rings is 1. The molecule has 0 aromatic carbocycles. The molecular formula is C16H27N2O2S2+. The molecule has 4 nitrogen and oxygen atoms in total. The van der Waals surface area contributed by atoms with Crippen LogP contribution in [0.25, 0.3) is 0 Å². The van der Waals surface area contributed by atoms with Crippen molar-refractivity contribution in [3.05, 3.63) is 17.5 Å². The third-order valence-corrected chi connectivity index (χ3v) is 8.18. The van der Waals surface area contributed by atoms with Gasteiger partial charge in [-0.15, -0.1) is 11.3 Å². The van der Waals surface area contributed by atoms with Crippen molar-refractivity contribution in [3.63, 3.8) is 0 Å². The Morgan fingerprint density at radius 1 is 1.09 bits per heavy atom. The van der Waals surface area contributed by atoms with Crippen molar-refractivity contribution >= 4 is 21.4 Å². The zero-order valence-corrected chi connectivity index (χ0v) is 14.8. The van der Waals surface area contributed by atoms with Gasteiger partial charge >= 0.3 is 0 Å². The van der Waals surface area contributed by atoms with E-state index in [9.17, 15) is 8.42 Å². The highest BCUT2D eigenvalue weighted by Gasteiger charge is 2.43. The van der Waals surface area contributed by atoms with Crippen LogP contribution in [-0.2, 0) is 10.0 Å². The monoisotopic (exact) mass is 343 g/mol. The number of hydrogen-bond acceptors (Lipinski definition) is 3. The fourth-order valence-corrected chi connectivity index (χ4v) is 6.28. The first-order valence-electron chi connectivity index (χ1n) is 8.51. The largest absolute Gasteiger partial charge is 0.329 e. The molecule has 2 heterocycles. The van der Waals surface area contributed by atoms with Gasteiger partial charge in [0.1, 0.15) is 9.75 Å². The van der Waals surface area contributed by atoms with Crippen LogP contribution in [0.4, 0.5) is 0 Å². The van der Waals surface area contributed by atoms with E-state index in [0.717, 1.165) is 12.8 Å². The second-order valence-electron chi connectivity index (χ2n) is 6.76. The molecule has 2 aliphatic rings. The van der Waals surface area contributed by atoms with E-state index in [1.165, 1.54) is 63.0 Å². The standard InChI is InChI=1S/C16H26N2O2S2/c19-22(20,15-8-7-13-21-15)17-14-16(9-3-1-4-10-16)18-11-5-2-6-12-18/h7-8,13,17H,1-6,9-12,14H2/p+1. The van der Waals surface area contributed by atoms with Crippen LogP contribution in [0, 0.1) is 0 Å². The summed E-state index contributed by atoms with van der Waals surface area (Å²) in [5.41, 5.74) is 0.128. The summed E-state index contributed by atoms with van der Waals surface area (Å²) in [6.07, 6.45) is 10.0. The molecular weight excluding hydrogens is 316 g/mol. The molecule has 124 valence electrons. The summed E-state index contributed by atoms with van der Waals surface area (Å²) in [6.45, 7) is 3.02. The van der Waals surface area contributed by atoms with Gasteiger partial charge in [-0.05, 0) is 43.6 Å². The lowest BCUT2D eigenvalue weighted by atomic mass is 9.79. The molecule has 1 saturated heterocycles. The third kappa shape index (κ3) is 3.55. The lowest BCUT2D eigenvalue weighted by molar-refractivity contribution is -0.957. The maximum Gasteiger partial charge on any atom is 0.250 e. The van der Waals surface area contributed by atoms with Gasteiger partial charge in [0.25, 0.3) is 0 Å². The summed E-state index contributed by atoms with van der Waals surface area (Å²) in [6, 6.07) is 3.49. The topological polar surface area (TPSA) is 50.6 Å². The maximum atomic E-state index is 12.5. The Labute approximate surface area is 138 Å². The molecule has 2 N–H and O–H groups in total. The van der Waals surface area contributed by atoms with Crippen molar-refractivity contribution in [1.82, 2.24) is 4.72 Å². The van der Waals surface area contributed by atoms with E-state index in [4.69, 9.17) is 0 Å². The third-order valence-electron chi connectivity index (χ3n) is 5.38. The van der Waals surface area contributed by atoms with Crippen molar-refractivity contribution in [2.24, 2.45) is 0 Å². The second-order valence-corrected chi connectivity index (χ2v) is 9.70. The predicted octanol–water partition coefficient (Wildman–Crippen LogP) is 1.80. The van der Waals surface area contributed by atoms with Gasteiger partial charge in [-0.3, -0.25) is 0 Å². The Kier molecular flexibility index (Phi) is 5.22. The molecule has 6 heteroatoms. The lowest BCUT2D eigenvalue weighted by Gasteiger charge is -2.45.